The van der Waals surface area contributed by atoms with Crippen LogP contribution in [0.25, 0.3) is 0 Å². The molecule has 1 saturated carbocycles. The van der Waals surface area contributed by atoms with E-state index >= 15 is 0 Å². The maximum Gasteiger partial charge on any atom is 0.230 e. The number of nitrogens with zero attached hydrogens (tertiary/aromatic N) is 3. The van der Waals surface area contributed by atoms with Crippen molar-refractivity contribution in [3.05, 3.63) is 34.1 Å². The van der Waals surface area contributed by atoms with Crippen molar-refractivity contribution in [3.63, 3.8) is 0 Å². The van der Waals surface area contributed by atoms with E-state index in [9.17, 15) is 4.79 Å². The van der Waals surface area contributed by atoms with Crippen LogP contribution in [0.4, 0.5) is 0 Å². The Morgan fingerprint density at radius 1 is 1.27 bits per heavy atom. The number of aromatic nitrogens is 3. The predicted octanol–water partition coefficient (Wildman–Crippen LogP) is 5.68. The van der Waals surface area contributed by atoms with Crippen molar-refractivity contribution in [2.45, 2.75) is 76.2 Å². The quantitative estimate of drug-likeness (QED) is 0.397. The highest BCUT2D eigenvalue weighted by atomic mass is 35.5. The Balaban J connectivity index is 1.60. The summed E-state index contributed by atoms with van der Waals surface area (Å²) >= 11 is 13.7. The van der Waals surface area contributed by atoms with Crippen molar-refractivity contribution in [1.29, 1.82) is 0 Å². The highest BCUT2D eigenvalue weighted by molar-refractivity contribution is 7.99. The van der Waals surface area contributed by atoms with Crippen molar-refractivity contribution in [3.8, 4) is 5.75 Å². The molecule has 2 aromatic rings. The molecular formula is C21H28Cl2N4O2S. The van der Waals surface area contributed by atoms with Gasteiger partial charge in [-0.05, 0) is 38.8 Å². The summed E-state index contributed by atoms with van der Waals surface area (Å²) < 4.78 is 7.94. The van der Waals surface area contributed by atoms with Gasteiger partial charge in [-0.3, -0.25) is 4.79 Å². The number of carbonyl (C=O) groups is 1. The van der Waals surface area contributed by atoms with E-state index in [4.69, 9.17) is 27.9 Å². The van der Waals surface area contributed by atoms with E-state index in [1.54, 1.807) is 18.2 Å². The third-order valence-electron chi connectivity index (χ3n) is 5.17. The molecule has 1 aromatic carbocycles. The average Bonchev–Trinajstić information content (AvgIpc) is 2.97. The maximum atomic E-state index is 12.4. The van der Waals surface area contributed by atoms with E-state index in [2.05, 4.69) is 15.5 Å². The number of amides is 1. The Hall–Kier alpha value is -1.44. The summed E-state index contributed by atoms with van der Waals surface area (Å²) in [5, 5.41) is 13.5. The van der Waals surface area contributed by atoms with Crippen LogP contribution in [-0.4, -0.2) is 32.5 Å². The molecule has 3 rings (SSSR count). The third kappa shape index (κ3) is 6.28. The lowest BCUT2D eigenvalue weighted by molar-refractivity contribution is -0.119. The molecule has 1 fully saturated rings. The smallest absolute Gasteiger partial charge is 0.230 e. The first-order valence-electron chi connectivity index (χ1n) is 10.4. The normalized spacial score (nSPS) is 16.1. The molecule has 0 bridgehead atoms. The number of thioether (sulfide) groups is 1. The lowest BCUT2D eigenvalue weighted by Gasteiger charge is -2.17. The lowest BCUT2D eigenvalue weighted by Crippen LogP contribution is -2.35. The molecule has 30 heavy (non-hydrogen) atoms. The molecule has 1 aliphatic rings. The first-order valence-corrected chi connectivity index (χ1v) is 12.2. The van der Waals surface area contributed by atoms with Gasteiger partial charge in [-0.1, -0.05) is 60.6 Å². The summed E-state index contributed by atoms with van der Waals surface area (Å²) in [6.07, 6.45) is 6.70. The van der Waals surface area contributed by atoms with Crippen LogP contribution in [0.2, 0.25) is 10.0 Å². The largest absolute Gasteiger partial charge is 0.481 e. The SMILES string of the molecule is CCn1c(SCC(=O)NC2CCCCCC2)nnc1C(C)Oc1cc(Cl)ccc1Cl. The summed E-state index contributed by atoms with van der Waals surface area (Å²) in [6.45, 7) is 4.58. The molecule has 1 heterocycles. The molecule has 0 aliphatic heterocycles. The summed E-state index contributed by atoms with van der Waals surface area (Å²) in [5.74, 6) is 1.55. The molecule has 1 amide bonds. The number of halogens is 2. The van der Waals surface area contributed by atoms with Crippen molar-refractivity contribution < 1.29 is 9.53 Å². The van der Waals surface area contributed by atoms with Gasteiger partial charge in [0.05, 0.1) is 10.8 Å². The minimum Gasteiger partial charge on any atom is -0.481 e. The fourth-order valence-electron chi connectivity index (χ4n) is 3.64. The van der Waals surface area contributed by atoms with Crippen LogP contribution in [0.15, 0.2) is 23.4 Å². The van der Waals surface area contributed by atoms with Crippen LogP contribution in [-0.2, 0) is 11.3 Å². The maximum absolute atomic E-state index is 12.4. The Morgan fingerprint density at radius 2 is 2.00 bits per heavy atom. The summed E-state index contributed by atoms with van der Waals surface area (Å²) in [7, 11) is 0. The molecule has 1 N–H and O–H groups in total. The van der Waals surface area contributed by atoms with Gasteiger partial charge in [0.25, 0.3) is 0 Å². The number of nitrogens with one attached hydrogen (secondary N) is 1. The first kappa shape index (κ1) is 23.2. The van der Waals surface area contributed by atoms with E-state index in [0.717, 1.165) is 12.8 Å². The van der Waals surface area contributed by atoms with Crippen LogP contribution in [0.3, 0.4) is 0 Å². The van der Waals surface area contributed by atoms with Crippen LogP contribution >= 0.6 is 35.0 Å². The zero-order valence-electron chi connectivity index (χ0n) is 17.4. The van der Waals surface area contributed by atoms with Crippen LogP contribution in [0.1, 0.15) is 64.3 Å². The second-order valence-electron chi connectivity index (χ2n) is 7.46. The highest BCUT2D eigenvalue weighted by Crippen LogP contribution is 2.32. The minimum absolute atomic E-state index is 0.0501. The molecule has 1 unspecified atom stereocenters. The Bertz CT molecular complexity index is 854. The number of hydrogen-bond donors (Lipinski definition) is 1. The standard InChI is InChI=1S/C21H28Cl2N4O2S/c1-3-27-20(14(2)29-18-12-15(22)10-11-17(18)23)25-26-21(27)30-13-19(28)24-16-8-6-4-5-7-9-16/h10-12,14,16H,3-9,13H2,1-2H3,(H,24,28). The highest BCUT2D eigenvalue weighted by Gasteiger charge is 2.21. The molecule has 1 aromatic heterocycles. The fraction of sp³-hybridized carbons (Fsp3) is 0.571. The minimum atomic E-state index is -0.373. The molecule has 0 saturated heterocycles. The Kier molecular flexibility index (Phi) is 8.72. The van der Waals surface area contributed by atoms with E-state index < -0.39 is 0 Å². The number of carbonyl (C=O) groups excluding carboxylic acids is 1. The molecule has 0 spiro atoms. The number of hydrogen-bond acceptors (Lipinski definition) is 5. The van der Waals surface area contributed by atoms with Gasteiger partial charge in [-0.15, -0.1) is 10.2 Å². The summed E-state index contributed by atoms with van der Waals surface area (Å²) in [4.78, 5) is 12.4. The molecule has 9 heteroatoms. The number of ether oxygens (including phenoxy) is 1. The molecule has 6 nitrogen and oxygen atoms in total. The van der Waals surface area contributed by atoms with Gasteiger partial charge >= 0.3 is 0 Å². The van der Waals surface area contributed by atoms with Gasteiger partial charge in [0.15, 0.2) is 17.1 Å². The van der Waals surface area contributed by atoms with E-state index in [-0.39, 0.29) is 12.0 Å². The second-order valence-corrected chi connectivity index (χ2v) is 9.25. The van der Waals surface area contributed by atoms with Gasteiger partial charge in [0.1, 0.15) is 5.75 Å². The first-order chi connectivity index (χ1) is 14.5. The van der Waals surface area contributed by atoms with Gasteiger partial charge in [-0.2, -0.15) is 0 Å². The lowest BCUT2D eigenvalue weighted by atomic mass is 10.1. The van der Waals surface area contributed by atoms with Gasteiger partial charge in [0.2, 0.25) is 5.91 Å². The van der Waals surface area contributed by atoms with Crippen molar-refractivity contribution in [2.75, 3.05) is 5.75 Å². The van der Waals surface area contributed by atoms with E-state index in [0.29, 0.717) is 45.1 Å². The van der Waals surface area contributed by atoms with E-state index in [1.807, 2.05) is 18.4 Å². The van der Waals surface area contributed by atoms with Crippen molar-refractivity contribution in [2.24, 2.45) is 0 Å². The van der Waals surface area contributed by atoms with Gasteiger partial charge in [-0.25, -0.2) is 0 Å². The summed E-state index contributed by atoms with van der Waals surface area (Å²) in [6, 6.07) is 5.40. The molecule has 164 valence electrons. The monoisotopic (exact) mass is 470 g/mol. The second kappa shape index (κ2) is 11.3. The topological polar surface area (TPSA) is 69.0 Å². The zero-order chi connectivity index (χ0) is 21.5. The third-order valence-corrected chi connectivity index (χ3v) is 6.69. The summed E-state index contributed by atoms with van der Waals surface area (Å²) in [5.41, 5.74) is 0. The van der Waals surface area contributed by atoms with E-state index in [1.165, 1.54) is 37.4 Å². The molecule has 1 aliphatic carbocycles. The zero-order valence-corrected chi connectivity index (χ0v) is 19.7. The van der Waals surface area contributed by atoms with Crippen molar-refractivity contribution >= 4 is 40.9 Å². The Labute approximate surface area is 192 Å². The van der Waals surface area contributed by atoms with Crippen LogP contribution in [0, 0.1) is 0 Å². The van der Waals surface area contributed by atoms with Crippen LogP contribution in [0.5, 0.6) is 5.75 Å². The molecular weight excluding hydrogens is 443 g/mol. The van der Waals surface area contributed by atoms with Crippen molar-refractivity contribution in [1.82, 2.24) is 20.1 Å². The number of benzene rings is 1. The van der Waals surface area contributed by atoms with Gasteiger partial charge < -0.3 is 14.6 Å². The molecule has 1 atom stereocenters. The fourth-order valence-corrected chi connectivity index (χ4v) is 4.78. The molecule has 0 radical (unpaired) electrons. The van der Waals surface area contributed by atoms with Gasteiger partial charge in [0, 0.05) is 23.7 Å². The van der Waals surface area contributed by atoms with Crippen LogP contribution < -0.4 is 10.1 Å². The average molecular weight is 471 g/mol. The Morgan fingerprint density at radius 3 is 2.70 bits per heavy atom. The number of rotatable bonds is 8. The predicted molar refractivity (Wildman–Crippen MR) is 122 cm³/mol.